The van der Waals surface area contributed by atoms with Crippen LogP contribution in [0.2, 0.25) is 0 Å². The van der Waals surface area contributed by atoms with Crippen molar-refractivity contribution >= 4 is 47.8 Å². The maximum absolute atomic E-state index is 13.0. The predicted octanol–water partition coefficient (Wildman–Crippen LogP) is 2.85. The van der Waals surface area contributed by atoms with Crippen molar-refractivity contribution in [1.29, 1.82) is 0 Å². The predicted molar refractivity (Wildman–Crippen MR) is 128 cm³/mol. The minimum Gasteiger partial charge on any atom is -0.493 e. The Labute approximate surface area is 205 Å². The van der Waals surface area contributed by atoms with Gasteiger partial charge in [0.2, 0.25) is 15.9 Å². The Balaban J connectivity index is 1.51. The van der Waals surface area contributed by atoms with E-state index in [-0.39, 0.29) is 17.3 Å². The summed E-state index contributed by atoms with van der Waals surface area (Å²) in [7, 11) is -0.482. The van der Waals surface area contributed by atoms with Gasteiger partial charge in [0, 0.05) is 41.7 Å². The molecule has 2 aromatic rings. The first-order valence-corrected chi connectivity index (χ1v) is 12.9. The third-order valence-electron chi connectivity index (χ3n) is 5.15. The molecule has 8 nitrogen and oxygen atoms in total. The third kappa shape index (κ3) is 6.02. The SMILES string of the molecule is COc1ccc(CNC(=O)CN2CCN(S(=O)(=O)c3cc(Br)ccc3Br)CC2)cc1OC. The zero-order valence-electron chi connectivity index (χ0n) is 17.8. The van der Waals surface area contributed by atoms with Crippen LogP contribution in [0.15, 0.2) is 50.2 Å². The summed E-state index contributed by atoms with van der Waals surface area (Å²) in [5.41, 5.74) is 0.895. The lowest BCUT2D eigenvalue weighted by atomic mass is 10.2. The van der Waals surface area contributed by atoms with E-state index in [0.29, 0.717) is 53.2 Å². The lowest BCUT2D eigenvalue weighted by Gasteiger charge is -2.33. The number of benzene rings is 2. The molecule has 11 heteroatoms. The second kappa shape index (κ2) is 11.0. The molecule has 174 valence electrons. The van der Waals surface area contributed by atoms with Crippen LogP contribution in [0.5, 0.6) is 11.5 Å². The molecule has 0 radical (unpaired) electrons. The fourth-order valence-corrected chi connectivity index (χ4v) is 6.28. The summed E-state index contributed by atoms with van der Waals surface area (Å²) in [4.78, 5) is 14.6. The molecule has 3 rings (SSSR count). The lowest BCUT2D eigenvalue weighted by Crippen LogP contribution is -2.51. The highest BCUT2D eigenvalue weighted by Crippen LogP contribution is 2.29. The van der Waals surface area contributed by atoms with Crippen LogP contribution in [-0.2, 0) is 21.4 Å². The van der Waals surface area contributed by atoms with Gasteiger partial charge < -0.3 is 14.8 Å². The number of sulfonamides is 1. The molecule has 0 aromatic heterocycles. The molecular formula is C21H25Br2N3O5S. The second-order valence-corrected chi connectivity index (χ2v) is 10.9. The van der Waals surface area contributed by atoms with Gasteiger partial charge in [-0.2, -0.15) is 4.31 Å². The van der Waals surface area contributed by atoms with Crippen molar-refractivity contribution in [2.45, 2.75) is 11.4 Å². The first-order chi connectivity index (χ1) is 15.2. The van der Waals surface area contributed by atoms with Gasteiger partial charge in [0.1, 0.15) is 0 Å². The average molecular weight is 591 g/mol. The number of amides is 1. The maximum atomic E-state index is 13.0. The number of rotatable bonds is 8. The van der Waals surface area contributed by atoms with Gasteiger partial charge in [-0.3, -0.25) is 9.69 Å². The molecule has 0 saturated carbocycles. The molecule has 1 N–H and O–H groups in total. The quantitative estimate of drug-likeness (QED) is 0.509. The molecule has 0 aliphatic carbocycles. The van der Waals surface area contributed by atoms with Crippen molar-refractivity contribution in [2.24, 2.45) is 0 Å². The smallest absolute Gasteiger partial charge is 0.244 e. The fourth-order valence-electron chi connectivity index (χ4n) is 3.39. The Morgan fingerprint density at radius 3 is 2.34 bits per heavy atom. The summed E-state index contributed by atoms with van der Waals surface area (Å²) in [5.74, 6) is 1.12. The summed E-state index contributed by atoms with van der Waals surface area (Å²) < 4.78 is 39.2. The van der Waals surface area contributed by atoms with E-state index in [1.807, 2.05) is 17.0 Å². The number of halogens is 2. The molecule has 1 amide bonds. The fraction of sp³-hybridized carbons (Fsp3) is 0.381. The number of piperazine rings is 1. The van der Waals surface area contributed by atoms with E-state index < -0.39 is 10.0 Å². The van der Waals surface area contributed by atoms with E-state index in [4.69, 9.17) is 9.47 Å². The van der Waals surface area contributed by atoms with Crippen molar-refractivity contribution < 1.29 is 22.7 Å². The topological polar surface area (TPSA) is 88.2 Å². The second-order valence-electron chi connectivity index (χ2n) is 7.22. The molecule has 1 heterocycles. The number of carbonyl (C=O) groups excluding carboxylic acids is 1. The number of hydrogen-bond acceptors (Lipinski definition) is 6. The number of nitrogens with zero attached hydrogens (tertiary/aromatic N) is 2. The summed E-state index contributed by atoms with van der Waals surface area (Å²) >= 11 is 6.65. The Kier molecular flexibility index (Phi) is 8.56. The van der Waals surface area contributed by atoms with Gasteiger partial charge in [-0.25, -0.2) is 8.42 Å². The van der Waals surface area contributed by atoms with E-state index in [1.165, 1.54) is 4.31 Å². The average Bonchev–Trinajstić information content (AvgIpc) is 2.79. The third-order valence-corrected chi connectivity index (χ3v) is 8.53. The minimum absolute atomic E-state index is 0.120. The van der Waals surface area contributed by atoms with Crippen molar-refractivity contribution in [2.75, 3.05) is 46.9 Å². The molecule has 0 atom stereocenters. The molecule has 1 saturated heterocycles. The van der Waals surface area contributed by atoms with Crippen LogP contribution in [-0.4, -0.2) is 70.5 Å². The zero-order valence-corrected chi connectivity index (χ0v) is 21.8. The number of hydrogen-bond donors (Lipinski definition) is 1. The van der Waals surface area contributed by atoms with Gasteiger partial charge in [-0.05, 0) is 51.8 Å². The van der Waals surface area contributed by atoms with Crippen LogP contribution in [0.25, 0.3) is 0 Å². The standard InChI is InChI=1S/C21H25Br2N3O5S/c1-30-18-6-3-15(11-19(18)31-2)13-24-21(27)14-25-7-9-26(10-8-25)32(28,29)20-12-16(22)4-5-17(20)23/h3-6,11-12H,7-10,13-14H2,1-2H3,(H,24,27). The summed E-state index contributed by atoms with van der Waals surface area (Å²) in [6, 6.07) is 10.6. The van der Waals surface area contributed by atoms with Crippen LogP contribution in [0, 0.1) is 0 Å². The van der Waals surface area contributed by atoms with Gasteiger partial charge in [0.25, 0.3) is 0 Å². The van der Waals surface area contributed by atoms with Gasteiger partial charge in [-0.1, -0.05) is 22.0 Å². The van der Waals surface area contributed by atoms with Crippen molar-refractivity contribution in [3.63, 3.8) is 0 Å². The number of nitrogens with one attached hydrogen (secondary N) is 1. The van der Waals surface area contributed by atoms with Gasteiger partial charge in [-0.15, -0.1) is 0 Å². The number of methoxy groups -OCH3 is 2. The Morgan fingerprint density at radius 2 is 1.69 bits per heavy atom. The summed E-state index contributed by atoms with van der Waals surface area (Å²) in [6.07, 6.45) is 0. The molecule has 0 bridgehead atoms. The van der Waals surface area contributed by atoms with E-state index in [9.17, 15) is 13.2 Å². The van der Waals surface area contributed by atoms with E-state index >= 15 is 0 Å². The Hall–Kier alpha value is -1.66. The van der Waals surface area contributed by atoms with Gasteiger partial charge in [0.05, 0.1) is 25.7 Å². The zero-order chi connectivity index (χ0) is 23.3. The highest BCUT2D eigenvalue weighted by atomic mass is 79.9. The molecule has 2 aromatic carbocycles. The Morgan fingerprint density at radius 1 is 1.00 bits per heavy atom. The van der Waals surface area contributed by atoms with Crippen LogP contribution in [0.4, 0.5) is 0 Å². The van der Waals surface area contributed by atoms with Gasteiger partial charge >= 0.3 is 0 Å². The monoisotopic (exact) mass is 589 g/mol. The van der Waals surface area contributed by atoms with Crippen LogP contribution >= 0.6 is 31.9 Å². The van der Waals surface area contributed by atoms with Crippen molar-refractivity contribution in [1.82, 2.24) is 14.5 Å². The van der Waals surface area contributed by atoms with E-state index in [1.54, 1.807) is 38.5 Å². The molecule has 0 unspecified atom stereocenters. The number of ether oxygens (including phenoxy) is 2. The van der Waals surface area contributed by atoms with Crippen LogP contribution in [0.3, 0.4) is 0 Å². The van der Waals surface area contributed by atoms with E-state index in [0.717, 1.165) is 5.56 Å². The number of carbonyl (C=O) groups is 1. The first-order valence-electron chi connectivity index (χ1n) is 9.89. The lowest BCUT2D eigenvalue weighted by molar-refractivity contribution is -0.122. The highest BCUT2D eigenvalue weighted by Gasteiger charge is 2.30. The van der Waals surface area contributed by atoms with Crippen molar-refractivity contribution in [3.05, 3.63) is 50.9 Å². The van der Waals surface area contributed by atoms with Crippen LogP contribution < -0.4 is 14.8 Å². The van der Waals surface area contributed by atoms with Crippen molar-refractivity contribution in [3.8, 4) is 11.5 Å². The van der Waals surface area contributed by atoms with Gasteiger partial charge in [0.15, 0.2) is 11.5 Å². The molecule has 0 spiro atoms. The molecule has 32 heavy (non-hydrogen) atoms. The molecule has 1 aliphatic rings. The van der Waals surface area contributed by atoms with E-state index in [2.05, 4.69) is 37.2 Å². The molecular weight excluding hydrogens is 566 g/mol. The molecule has 1 fully saturated rings. The first kappa shape index (κ1) is 25.0. The molecule has 1 aliphatic heterocycles. The summed E-state index contributed by atoms with van der Waals surface area (Å²) in [6.45, 7) is 2.18. The largest absolute Gasteiger partial charge is 0.493 e. The normalized spacial score (nSPS) is 15.4. The highest BCUT2D eigenvalue weighted by molar-refractivity contribution is 9.11. The minimum atomic E-state index is -3.62. The maximum Gasteiger partial charge on any atom is 0.244 e. The summed E-state index contributed by atoms with van der Waals surface area (Å²) in [5, 5.41) is 2.90. The Bertz CT molecular complexity index is 1070. The van der Waals surface area contributed by atoms with Crippen LogP contribution in [0.1, 0.15) is 5.56 Å².